The lowest BCUT2D eigenvalue weighted by Gasteiger charge is -2.23. The van der Waals surface area contributed by atoms with Crippen LogP contribution in [0, 0.1) is 0 Å². The maximum atomic E-state index is 9.85. The SMILES string of the molecule is CCCCCCCCCCCCCC(O)C(O)[C@@H](N)CCO. The molecule has 3 atom stereocenters. The summed E-state index contributed by atoms with van der Waals surface area (Å²) in [6, 6.07) is -0.535. The van der Waals surface area contributed by atoms with Crippen LogP contribution in [-0.4, -0.2) is 40.2 Å². The van der Waals surface area contributed by atoms with Gasteiger partial charge in [0.05, 0.1) is 12.2 Å². The van der Waals surface area contributed by atoms with Crippen molar-refractivity contribution in [2.75, 3.05) is 6.61 Å². The van der Waals surface area contributed by atoms with Crippen molar-refractivity contribution >= 4 is 0 Å². The van der Waals surface area contributed by atoms with Crippen molar-refractivity contribution in [3.8, 4) is 0 Å². The highest BCUT2D eigenvalue weighted by Gasteiger charge is 2.22. The summed E-state index contributed by atoms with van der Waals surface area (Å²) in [5.74, 6) is 0. The van der Waals surface area contributed by atoms with Crippen LogP contribution in [0.1, 0.15) is 90.4 Å². The lowest BCUT2D eigenvalue weighted by atomic mass is 9.98. The van der Waals surface area contributed by atoms with Gasteiger partial charge < -0.3 is 21.1 Å². The minimum atomic E-state index is -0.921. The summed E-state index contributed by atoms with van der Waals surface area (Å²) in [5.41, 5.74) is 5.69. The monoisotopic (exact) mass is 317 g/mol. The Labute approximate surface area is 137 Å². The van der Waals surface area contributed by atoms with Gasteiger partial charge in [-0.15, -0.1) is 0 Å². The molecule has 0 aliphatic heterocycles. The van der Waals surface area contributed by atoms with Crippen molar-refractivity contribution in [2.24, 2.45) is 5.73 Å². The van der Waals surface area contributed by atoms with Crippen molar-refractivity contribution in [1.29, 1.82) is 0 Å². The van der Waals surface area contributed by atoms with E-state index >= 15 is 0 Å². The van der Waals surface area contributed by atoms with Gasteiger partial charge in [-0.2, -0.15) is 0 Å². The van der Waals surface area contributed by atoms with Crippen molar-refractivity contribution in [2.45, 2.75) is 109 Å². The van der Waals surface area contributed by atoms with Gasteiger partial charge in [0.15, 0.2) is 0 Å². The molecule has 0 aliphatic carbocycles. The van der Waals surface area contributed by atoms with Crippen LogP contribution in [0.2, 0.25) is 0 Å². The van der Waals surface area contributed by atoms with E-state index in [1.54, 1.807) is 0 Å². The zero-order valence-corrected chi connectivity index (χ0v) is 14.6. The first-order valence-electron chi connectivity index (χ1n) is 9.36. The third-order valence-corrected chi connectivity index (χ3v) is 4.40. The molecule has 0 fully saturated rings. The summed E-state index contributed by atoms with van der Waals surface area (Å²) in [5, 5.41) is 28.4. The molecule has 4 heteroatoms. The van der Waals surface area contributed by atoms with Crippen LogP contribution < -0.4 is 5.73 Å². The summed E-state index contributed by atoms with van der Waals surface area (Å²) < 4.78 is 0. The Morgan fingerprint density at radius 3 is 1.64 bits per heavy atom. The number of hydrogen-bond donors (Lipinski definition) is 4. The van der Waals surface area contributed by atoms with Crippen molar-refractivity contribution in [1.82, 2.24) is 0 Å². The van der Waals surface area contributed by atoms with Crippen LogP contribution in [-0.2, 0) is 0 Å². The molecule has 5 N–H and O–H groups in total. The highest BCUT2D eigenvalue weighted by molar-refractivity contribution is 4.78. The van der Waals surface area contributed by atoms with Crippen LogP contribution in [0.25, 0.3) is 0 Å². The summed E-state index contributed by atoms with van der Waals surface area (Å²) in [6.07, 6.45) is 13.2. The number of unbranched alkanes of at least 4 members (excludes halogenated alkanes) is 10. The molecule has 0 saturated carbocycles. The van der Waals surface area contributed by atoms with E-state index in [1.165, 1.54) is 57.8 Å². The van der Waals surface area contributed by atoms with Gasteiger partial charge in [-0.05, 0) is 12.8 Å². The molecule has 0 spiro atoms. The van der Waals surface area contributed by atoms with Crippen LogP contribution >= 0.6 is 0 Å². The zero-order valence-electron chi connectivity index (χ0n) is 14.6. The van der Waals surface area contributed by atoms with Gasteiger partial charge in [0.25, 0.3) is 0 Å². The van der Waals surface area contributed by atoms with Crippen LogP contribution in [0.5, 0.6) is 0 Å². The molecule has 4 nitrogen and oxygen atoms in total. The fraction of sp³-hybridized carbons (Fsp3) is 1.00. The van der Waals surface area contributed by atoms with Gasteiger partial charge >= 0.3 is 0 Å². The number of hydrogen-bond acceptors (Lipinski definition) is 4. The zero-order chi connectivity index (χ0) is 16.6. The average Bonchev–Trinajstić information content (AvgIpc) is 2.51. The smallest absolute Gasteiger partial charge is 0.0950 e. The first-order chi connectivity index (χ1) is 10.6. The molecule has 0 bridgehead atoms. The Morgan fingerprint density at radius 2 is 1.18 bits per heavy atom. The van der Waals surface area contributed by atoms with E-state index in [4.69, 9.17) is 10.8 Å². The summed E-state index contributed by atoms with van der Waals surface area (Å²) >= 11 is 0. The van der Waals surface area contributed by atoms with E-state index in [1.807, 2.05) is 0 Å². The molecule has 0 aliphatic rings. The quantitative estimate of drug-likeness (QED) is 0.329. The molecule has 2 unspecified atom stereocenters. The van der Waals surface area contributed by atoms with Crippen molar-refractivity contribution < 1.29 is 15.3 Å². The maximum Gasteiger partial charge on any atom is 0.0950 e. The second kappa shape index (κ2) is 15.7. The highest BCUT2D eigenvalue weighted by atomic mass is 16.3. The number of aliphatic hydroxyl groups excluding tert-OH is 3. The second-order valence-corrected chi connectivity index (χ2v) is 6.56. The van der Waals surface area contributed by atoms with Gasteiger partial charge in [-0.3, -0.25) is 0 Å². The van der Waals surface area contributed by atoms with E-state index in [-0.39, 0.29) is 6.61 Å². The highest BCUT2D eigenvalue weighted by Crippen LogP contribution is 2.14. The Balaban J connectivity index is 3.34. The third kappa shape index (κ3) is 12.4. The average molecular weight is 318 g/mol. The molecule has 0 aromatic carbocycles. The maximum absolute atomic E-state index is 9.85. The van der Waals surface area contributed by atoms with Crippen molar-refractivity contribution in [3.05, 3.63) is 0 Å². The van der Waals surface area contributed by atoms with E-state index in [0.717, 1.165) is 12.8 Å². The molecular weight excluding hydrogens is 278 g/mol. The normalized spacial score (nSPS) is 15.7. The van der Waals surface area contributed by atoms with Gasteiger partial charge in [0.2, 0.25) is 0 Å². The predicted octanol–water partition coefficient (Wildman–Crippen LogP) is 3.12. The number of rotatable bonds is 16. The molecule has 0 amide bonds. The Bertz CT molecular complexity index is 226. The predicted molar refractivity (Wildman–Crippen MR) is 92.8 cm³/mol. The lowest BCUT2D eigenvalue weighted by molar-refractivity contribution is -0.00570. The topological polar surface area (TPSA) is 86.7 Å². The summed E-state index contributed by atoms with van der Waals surface area (Å²) in [7, 11) is 0. The fourth-order valence-corrected chi connectivity index (χ4v) is 2.79. The van der Waals surface area contributed by atoms with Crippen LogP contribution in [0.3, 0.4) is 0 Å². The molecule has 0 radical (unpaired) electrons. The second-order valence-electron chi connectivity index (χ2n) is 6.56. The van der Waals surface area contributed by atoms with Gasteiger partial charge in [-0.25, -0.2) is 0 Å². The minimum Gasteiger partial charge on any atom is -0.396 e. The third-order valence-electron chi connectivity index (χ3n) is 4.40. The minimum absolute atomic E-state index is 0.0522. The Morgan fingerprint density at radius 1 is 0.727 bits per heavy atom. The lowest BCUT2D eigenvalue weighted by Crippen LogP contribution is -2.43. The van der Waals surface area contributed by atoms with Crippen LogP contribution in [0.4, 0.5) is 0 Å². The van der Waals surface area contributed by atoms with Gasteiger partial charge in [0, 0.05) is 12.6 Å². The van der Waals surface area contributed by atoms with Gasteiger partial charge in [0.1, 0.15) is 0 Å². The number of nitrogens with two attached hydrogens (primary N) is 1. The fourth-order valence-electron chi connectivity index (χ4n) is 2.79. The molecule has 0 aromatic heterocycles. The summed E-state index contributed by atoms with van der Waals surface area (Å²) in [6.45, 7) is 2.19. The first-order valence-corrected chi connectivity index (χ1v) is 9.36. The van der Waals surface area contributed by atoms with Crippen LogP contribution in [0.15, 0.2) is 0 Å². The number of aliphatic hydroxyl groups is 3. The van der Waals surface area contributed by atoms with Crippen molar-refractivity contribution in [3.63, 3.8) is 0 Å². The molecule has 0 saturated heterocycles. The van der Waals surface area contributed by atoms with E-state index < -0.39 is 18.2 Å². The Hall–Kier alpha value is -0.160. The molecule has 0 aromatic rings. The molecule has 134 valence electrons. The standard InChI is InChI=1S/C18H39NO3/c1-2-3-4-5-6-7-8-9-10-11-12-13-17(21)18(22)16(19)14-15-20/h16-18,20-22H,2-15,19H2,1H3/t16-,17?,18?/m0/s1. The largest absolute Gasteiger partial charge is 0.396 e. The van der Waals surface area contributed by atoms with Gasteiger partial charge in [-0.1, -0.05) is 77.6 Å². The summed E-state index contributed by atoms with van der Waals surface area (Å²) in [4.78, 5) is 0. The molecule has 0 heterocycles. The molecule has 0 rings (SSSR count). The van der Waals surface area contributed by atoms with E-state index in [0.29, 0.717) is 12.8 Å². The molecule has 22 heavy (non-hydrogen) atoms. The van der Waals surface area contributed by atoms with E-state index in [2.05, 4.69) is 6.92 Å². The Kier molecular flexibility index (Phi) is 15.6. The first kappa shape index (κ1) is 21.8. The molecular formula is C18H39NO3. The van der Waals surface area contributed by atoms with E-state index in [9.17, 15) is 10.2 Å².